The van der Waals surface area contributed by atoms with E-state index in [0.717, 1.165) is 10.7 Å². The molecule has 0 saturated carbocycles. The van der Waals surface area contributed by atoms with Crippen LogP contribution in [0.2, 0.25) is 0 Å². The molecule has 0 fully saturated rings. The van der Waals surface area contributed by atoms with Crippen molar-refractivity contribution in [3.63, 3.8) is 0 Å². The number of nitrogens with two attached hydrogens (primary N) is 1. The molecular formula is C7H12N2S. The van der Waals surface area contributed by atoms with Gasteiger partial charge in [-0.25, -0.2) is 4.98 Å². The average molecular weight is 156 g/mol. The quantitative estimate of drug-likeness (QED) is 0.671. The minimum absolute atomic E-state index is 0.279. The van der Waals surface area contributed by atoms with Crippen LogP contribution >= 0.6 is 11.3 Å². The van der Waals surface area contributed by atoms with Crippen molar-refractivity contribution in [3.05, 3.63) is 16.1 Å². The van der Waals surface area contributed by atoms with E-state index in [4.69, 9.17) is 5.73 Å². The van der Waals surface area contributed by atoms with Gasteiger partial charge in [0.15, 0.2) is 0 Å². The molecule has 2 N–H and O–H groups in total. The maximum Gasteiger partial charge on any atom is 0.112 e. The van der Waals surface area contributed by atoms with Crippen LogP contribution < -0.4 is 5.73 Å². The standard InChI is InChI=1S/C7H12N2S/c1-5-4-10-6(9-5)7(2,3)8/h4H,8H2,1-3H3. The second kappa shape index (κ2) is 2.32. The van der Waals surface area contributed by atoms with Crippen LogP contribution in [0.3, 0.4) is 0 Å². The Balaban J connectivity index is 2.96. The van der Waals surface area contributed by atoms with Gasteiger partial charge in [-0.2, -0.15) is 0 Å². The number of hydrogen-bond acceptors (Lipinski definition) is 3. The van der Waals surface area contributed by atoms with Crippen LogP contribution in [0.1, 0.15) is 24.5 Å². The zero-order valence-corrected chi connectivity index (χ0v) is 7.33. The lowest BCUT2D eigenvalue weighted by atomic mass is 10.1. The molecule has 1 heterocycles. The fourth-order valence-electron chi connectivity index (χ4n) is 0.650. The second-order valence-corrected chi connectivity index (χ2v) is 3.87. The van der Waals surface area contributed by atoms with E-state index in [2.05, 4.69) is 4.98 Å². The molecule has 0 aromatic carbocycles. The highest BCUT2D eigenvalue weighted by Gasteiger charge is 2.17. The Morgan fingerprint density at radius 2 is 2.20 bits per heavy atom. The van der Waals surface area contributed by atoms with Gasteiger partial charge in [0, 0.05) is 11.1 Å². The highest BCUT2D eigenvalue weighted by Crippen LogP contribution is 2.20. The molecule has 0 aliphatic carbocycles. The molecule has 0 unspecified atom stereocenters. The minimum atomic E-state index is -0.279. The zero-order valence-electron chi connectivity index (χ0n) is 6.51. The van der Waals surface area contributed by atoms with Crippen molar-refractivity contribution in [2.75, 3.05) is 0 Å². The van der Waals surface area contributed by atoms with Gasteiger partial charge < -0.3 is 5.73 Å². The summed E-state index contributed by atoms with van der Waals surface area (Å²) in [5.41, 5.74) is 6.59. The summed E-state index contributed by atoms with van der Waals surface area (Å²) in [6.07, 6.45) is 0. The number of aryl methyl sites for hydroxylation is 1. The van der Waals surface area contributed by atoms with E-state index < -0.39 is 0 Å². The van der Waals surface area contributed by atoms with Crippen molar-refractivity contribution >= 4 is 11.3 Å². The number of aromatic nitrogens is 1. The number of rotatable bonds is 1. The van der Waals surface area contributed by atoms with Gasteiger partial charge in [0.2, 0.25) is 0 Å². The predicted octanol–water partition coefficient (Wildman–Crippen LogP) is 1.65. The van der Waals surface area contributed by atoms with Gasteiger partial charge in [0.25, 0.3) is 0 Å². The first kappa shape index (κ1) is 7.69. The molecule has 0 aliphatic heterocycles. The Labute approximate surface area is 65.1 Å². The summed E-state index contributed by atoms with van der Waals surface area (Å²) in [4.78, 5) is 4.28. The lowest BCUT2D eigenvalue weighted by Gasteiger charge is -2.13. The molecule has 1 rings (SSSR count). The molecule has 10 heavy (non-hydrogen) atoms. The molecule has 0 aliphatic rings. The number of thiazole rings is 1. The molecule has 0 atom stereocenters. The van der Waals surface area contributed by atoms with Gasteiger partial charge in [0.05, 0.1) is 5.54 Å². The SMILES string of the molecule is Cc1csc(C(C)(C)N)n1. The Bertz CT molecular complexity index is 222. The van der Waals surface area contributed by atoms with Crippen LogP contribution in [0.25, 0.3) is 0 Å². The van der Waals surface area contributed by atoms with Crippen LogP contribution in [-0.4, -0.2) is 4.98 Å². The van der Waals surface area contributed by atoms with Gasteiger partial charge in [-0.3, -0.25) is 0 Å². The van der Waals surface area contributed by atoms with E-state index in [1.165, 1.54) is 0 Å². The van der Waals surface area contributed by atoms with Crippen molar-refractivity contribution in [3.8, 4) is 0 Å². The molecule has 0 saturated heterocycles. The number of hydrogen-bond donors (Lipinski definition) is 1. The largest absolute Gasteiger partial charge is 0.320 e. The van der Waals surface area contributed by atoms with E-state index >= 15 is 0 Å². The van der Waals surface area contributed by atoms with Gasteiger partial charge >= 0.3 is 0 Å². The van der Waals surface area contributed by atoms with Crippen LogP contribution in [0.4, 0.5) is 0 Å². The average Bonchev–Trinajstić information content (AvgIpc) is 2.11. The van der Waals surface area contributed by atoms with Crippen molar-refractivity contribution < 1.29 is 0 Å². The Kier molecular flexibility index (Phi) is 1.79. The summed E-state index contributed by atoms with van der Waals surface area (Å²) in [6, 6.07) is 0. The van der Waals surface area contributed by atoms with Crippen LogP contribution in [-0.2, 0) is 5.54 Å². The highest BCUT2D eigenvalue weighted by atomic mass is 32.1. The smallest absolute Gasteiger partial charge is 0.112 e. The molecule has 0 spiro atoms. The third kappa shape index (κ3) is 1.55. The lowest BCUT2D eigenvalue weighted by molar-refractivity contribution is 0.549. The lowest BCUT2D eigenvalue weighted by Crippen LogP contribution is -2.28. The molecular weight excluding hydrogens is 144 g/mol. The summed E-state index contributed by atoms with van der Waals surface area (Å²) in [6.45, 7) is 5.91. The monoisotopic (exact) mass is 156 g/mol. The highest BCUT2D eigenvalue weighted by molar-refractivity contribution is 7.09. The predicted molar refractivity (Wildman–Crippen MR) is 44.1 cm³/mol. The Morgan fingerprint density at radius 1 is 1.60 bits per heavy atom. The van der Waals surface area contributed by atoms with Crippen molar-refractivity contribution in [1.82, 2.24) is 4.98 Å². The molecule has 3 heteroatoms. The summed E-state index contributed by atoms with van der Waals surface area (Å²) < 4.78 is 0. The molecule has 56 valence electrons. The van der Waals surface area contributed by atoms with E-state index in [9.17, 15) is 0 Å². The third-order valence-corrected chi connectivity index (χ3v) is 2.47. The second-order valence-electron chi connectivity index (χ2n) is 3.02. The van der Waals surface area contributed by atoms with Crippen molar-refractivity contribution in [2.24, 2.45) is 5.73 Å². The van der Waals surface area contributed by atoms with Crippen LogP contribution in [0.15, 0.2) is 5.38 Å². The molecule has 2 nitrogen and oxygen atoms in total. The maximum absolute atomic E-state index is 5.82. The van der Waals surface area contributed by atoms with Crippen molar-refractivity contribution in [1.29, 1.82) is 0 Å². The molecule has 1 aromatic rings. The van der Waals surface area contributed by atoms with Crippen LogP contribution in [0.5, 0.6) is 0 Å². The first-order chi connectivity index (χ1) is 4.50. The van der Waals surface area contributed by atoms with E-state index in [1.54, 1.807) is 11.3 Å². The third-order valence-electron chi connectivity index (χ3n) is 1.17. The van der Waals surface area contributed by atoms with Gasteiger partial charge in [-0.05, 0) is 20.8 Å². The van der Waals surface area contributed by atoms with E-state index in [0.29, 0.717) is 0 Å². The normalized spacial score (nSPS) is 12.0. The summed E-state index contributed by atoms with van der Waals surface area (Å²) >= 11 is 1.62. The van der Waals surface area contributed by atoms with Crippen molar-refractivity contribution in [2.45, 2.75) is 26.3 Å². The maximum atomic E-state index is 5.82. The first-order valence-corrected chi connectivity index (χ1v) is 4.09. The van der Waals surface area contributed by atoms with Gasteiger partial charge in [-0.15, -0.1) is 11.3 Å². The molecule has 0 amide bonds. The molecule has 1 aromatic heterocycles. The minimum Gasteiger partial charge on any atom is -0.320 e. The molecule has 0 radical (unpaired) electrons. The Morgan fingerprint density at radius 3 is 2.40 bits per heavy atom. The fraction of sp³-hybridized carbons (Fsp3) is 0.571. The number of nitrogens with zero attached hydrogens (tertiary/aromatic N) is 1. The van der Waals surface area contributed by atoms with Gasteiger partial charge in [-0.1, -0.05) is 0 Å². The zero-order chi connectivity index (χ0) is 7.78. The summed E-state index contributed by atoms with van der Waals surface area (Å²) in [5, 5.41) is 3.02. The first-order valence-electron chi connectivity index (χ1n) is 3.21. The Hall–Kier alpha value is -0.410. The summed E-state index contributed by atoms with van der Waals surface area (Å²) in [5.74, 6) is 0. The van der Waals surface area contributed by atoms with E-state index in [-0.39, 0.29) is 5.54 Å². The van der Waals surface area contributed by atoms with Crippen LogP contribution in [0, 0.1) is 6.92 Å². The topological polar surface area (TPSA) is 38.9 Å². The molecule has 0 bridgehead atoms. The van der Waals surface area contributed by atoms with E-state index in [1.807, 2.05) is 26.2 Å². The van der Waals surface area contributed by atoms with Gasteiger partial charge in [0.1, 0.15) is 5.01 Å². The fourth-order valence-corrected chi connectivity index (χ4v) is 1.49. The summed E-state index contributed by atoms with van der Waals surface area (Å²) in [7, 11) is 0.